The molecule has 0 aliphatic rings. The van der Waals surface area contributed by atoms with E-state index in [4.69, 9.17) is 16.6 Å². The Hall–Kier alpha value is -3.92. The van der Waals surface area contributed by atoms with Gasteiger partial charge in [-0.15, -0.1) is 13.2 Å². The zero-order valence-corrected chi connectivity index (χ0v) is 18.9. The molecule has 0 spiro atoms. The van der Waals surface area contributed by atoms with E-state index in [-0.39, 0.29) is 11.6 Å². The van der Waals surface area contributed by atoms with Crippen LogP contribution < -0.4 is 15.5 Å². The summed E-state index contributed by atoms with van der Waals surface area (Å²) in [6.45, 7) is 3.99. The molecule has 1 aromatic heterocycles. The van der Waals surface area contributed by atoms with Gasteiger partial charge in [-0.3, -0.25) is 5.43 Å². The van der Waals surface area contributed by atoms with Crippen LogP contribution >= 0.6 is 12.2 Å². The third-order valence-corrected chi connectivity index (χ3v) is 5.04. The highest BCUT2D eigenvalue weighted by molar-refractivity contribution is 7.80. The number of nitrogens with one attached hydrogen (secondary N) is 2. The highest BCUT2D eigenvalue weighted by atomic mass is 32.1. The first kappa shape index (κ1) is 23.2. The molecule has 1 heterocycles. The van der Waals surface area contributed by atoms with Crippen LogP contribution in [0.3, 0.4) is 0 Å². The van der Waals surface area contributed by atoms with Gasteiger partial charge in [-0.25, -0.2) is 4.98 Å². The number of ether oxygens (including phenoxy) is 1. The highest BCUT2D eigenvalue weighted by Gasteiger charge is 2.31. The van der Waals surface area contributed by atoms with E-state index in [1.165, 1.54) is 24.3 Å². The Morgan fingerprint density at radius 2 is 1.76 bits per heavy atom. The molecule has 0 aliphatic carbocycles. The molecular weight excluding hydrogens is 465 g/mol. The molecule has 0 aliphatic heterocycles. The molecule has 0 saturated carbocycles. The van der Waals surface area contributed by atoms with E-state index >= 15 is 0 Å². The predicted octanol–water partition coefficient (Wildman–Crippen LogP) is 6.33. The van der Waals surface area contributed by atoms with E-state index in [2.05, 4.69) is 25.6 Å². The maximum atomic E-state index is 12.3. The second-order valence-corrected chi connectivity index (χ2v) is 7.82. The Labute approximate surface area is 198 Å². The second-order valence-electron chi connectivity index (χ2n) is 7.41. The maximum Gasteiger partial charge on any atom is 0.573 e. The third-order valence-electron chi connectivity index (χ3n) is 4.85. The van der Waals surface area contributed by atoms with Gasteiger partial charge < -0.3 is 14.5 Å². The van der Waals surface area contributed by atoms with Gasteiger partial charge in [0.25, 0.3) is 0 Å². The number of nitrogens with zero attached hydrogens (tertiary/aromatic N) is 2. The summed E-state index contributed by atoms with van der Waals surface area (Å²) >= 11 is 5.31. The van der Waals surface area contributed by atoms with E-state index in [1.54, 1.807) is 24.4 Å². The van der Waals surface area contributed by atoms with Gasteiger partial charge in [-0.1, -0.05) is 18.2 Å². The lowest BCUT2D eigenvalue weighted by atomic mass is 10.1. The van der Waals surface area contributed by atoms with Gasteiger partial charge >= 0.3 is 6.36 Å². The number of hydrogen-bond acceptors (Lipinski definition) is 5. The highest BCUT2D eigenvalue weighted by Crippen LogP contribution is 2.28. The van der Waals surface area contributed by atoms with E-state index in [0.29, 0.717) is 21.8 Å². The fraction of sp³-hybridized carbons (Fsp3) is 0.125. The molecule has 0 saturated heterocycles. The van der Waals surface area contributed by atoms with Gasteiger partial charge in [0.15, 0.2) is 10.7 Å². The molecule has 4 aromatic rings. The summed E-state index contributed by atoms with van der Waals surface area (Å²) in [6.07, 6.45) is -3.15. The topological polar surface area (TPSA) is 71.7 Å². The average molecular weight is 485 g/mol. The number of thiocarbonyl (C=S) groups is 1. The summed E-state index contributed by atoms with van der Waals surface area (Å²) in [4.78, 5) is 4.42. The summed E-state index contributed by atoms with van der Waals surface area (Å²) in [5, 5.41) is 7.66. The SMILES string of the molecule is Cc1cccc(C)c1NC(=S)N/N=C/c1ccc2oc(-c3ccc(OC(F)(F)F)cc3)nc2c1. The number of hydrogen-bond donors (Lipinski definition) is 2. The average Bonchev–Trinajstić information content (AvgIpc) is 3.19. The largest absolute Gasteiger partial charge is 0.573 e. The zero-order valence-electron chi connectivity index (χ0n) is 18.1. The molecule has 0 bridgehead atoms. The van der Waals surface area contributed by atoms with Crippen LogP contribution in [0.5, 0.6) is 5.75 Å². The minimum Gasteiger partial charge on any atom is -0.436 e. The number of fused-ring (bicyclic) bond motifs is 1. The molecular formula is C24H19F3N4O2S. The third kappa shape index (κ3) is 5.70. The van der Waals surface area contributed by atoms with Crippen molar-refractivity contribution in [2.24, 2.45) is 5.10 Å². The Bertz CT molecular complexity index is 1340. The number of anilines is 1. The maximum absolute atomic E-state index is 12.3. The van der Waals surface area contributed by atoms with E-state index in [1.807, 2.05) is 32.0 Å². The van der Waals surface area contributed by atoms with Crippen LogP contribution in [0.2, 0.25) is 0 Å². The summed E-state index contributed by atoms with van der Waals surface area (Å²) < 4.78 is 46.6. The lowest BCUT2D eigenvalue weighted by Crippen LogP contribution is -2.24. The van der Waals surface area contributed by atoms with Crippen LogP contribution in [0.1, 0.15) is 16.7 Å². The number of aromatic nitrogens is 1. The molecule has 10 heteroatoms. The van der Waals surface area contributed by atoms with Crippen molar-refractivity contribution >= 4 is 40.3 Å². The number of oxazole rings is 1. The number of alkyl halides is 3. The van der Waals surface area contributed by atoms with Gasteiger partial charge in [-0.2, -0.15) is 5.10 Å². The van der Waals surface area contributed by atoms with Crippen molar-refractivity contribution in [2.45, 2.75) is 20.2 Å². The van der Waals surface area contributed by atoms with Crippen molar-refractivity contribution in [1.82, 2.24) is 10.4 Å². The van der Waals surface area contributed by atoms with Crippen molar-refractivity contribution < 1.29 is 22.3 Å². The van der Waals surface area contributed by atoms with Gasteiger partial charge in [0, 0.05) is 11.3 Å². The lowest BCUT2D eigenvalue weighted by Gasteiger charge is -2.12. The Morgan fingerprint density at radius 3 is 2.44 bits per heavy atom. The quantitative estimate of drug-likeness (QED) is 0.196. The molecule has 0 atom stereocenters. The van der Waals surface area contributed by atoms with Crippen LogP contribution in [-0.4, -0.2) is 22.7 Å². The molecule has 0 fully saturated rings. The summed E-state index contributed by atoms with van der Waals surface area (Å²) in [5.41, 5.74) is 8.25. The lowest BCUT2D eigenvalue weighted by molar-refractivity contribution is -0.274. The second kappa shape index (κ2) is 9.52. The molecule has 0 amide bonds. The van der Waals surface area contributed by atoms with Crippen molar-refractivity contribution in [3.8, 4) is 17.2 Å². The van der Waals surface area contributed by atoms with Crippen molar-refractivity contribution in [3.63, 3.8) is 0 Å². The van der Waals surface area contributed by atoms with Crippen molar-refractivity contribution in [2.75, 3.05) is 5.32 Å². The van der Waals surface area contributed by atoms with Gasteiger partial charge in [0.1, 0.15) is 11.3 Å². The fourth-order valence-corrected chi connectivity index (χ4v) is 3.42. The Morgan fingerprint density at radius 1 is 1.06 bits per heavy atom. The molecule has 34 heavy (non-hydrogen) atoms. The summed E-state index contributed by atoms with van der Waals surface area (Å²) in [7, 11) is 0. The summed E-state index contributed by atoms with van der Waals surface area (Å²) in [6, 6.07) is 16.6. The number of aryl methyl sites for hydroxylation is 2. The van der Waals surface area contributed by atoms with Crippen LogP contribution in [-0.2, 0) is 0 Å². The van der Waals surface area contributed by atoms with Gasteiger partial charge in [0.2, 0.25) is 5.89 Å². The van der Waals surface area contributed by atoms with Gasteiger partial charge in [0.05, 0.1) is 6.21 Å². The van der Waals surface area contributed by atoms with Crippen LogP contribution in [0.25, 0.3) is 22.6 Å². The number of benzene rings is 3. The van der Waals surface area contributed by atoms with Crippen LogP contribution in [0.15, 0.2) is 70.2 Å². The van der Waals surface area contributed by atoms with Gasteiger partial charge in [-0.05, 0) is 85.2 Å². The zero-order chi connectivity index (χ0) is 24.3. The number of halogens is 3. The molecule has 4 rings (SSSR count). The molecule has 2 N–H and O–H groups in total. The standard InChI is InChI=1S/C24H19F3N4O2S/c1-14-4-3-5-15(2)21(14)30-23(34)31-28-13-16-6-11-20-19(12-16)29-22(32-20)17-7-9-18(10-8-17)33-24(25,26)27/h3-13H,1-2H3,(H2,30,31,34)/b28-13+. The van der Waals surface area contributed by atoms with Crippen molar-refractivity contribution in [1.29, 1.82) is 0 Å². The fourth-order valence-electron chi connectivity index (χ4n) is 3.27. The molecule has 3 aromatic carbocycles. The first-order chi connectivity index (χ1) is 16.2. The molecule has 0 radical (unpaired) electrons. The first-order valence-electron chi connectivity index (χ1n) is 10.1. The smallest absolute Gasteiger partial charge is 0.436 e. The minimum atomic E-state index is -4.74. The van der Waals surface area contributed by atoms with E-state index in [0.717, 1.165) is 22.4 Å². The normalized spacial score (nSPS) is 11.7. The predicted molar refractivity (Wildman–Crippen MR) is 129 cm³/mol. The minimum absolute atomic E-state index is 0.278. The van der Waals surface area contributed by atoms with Crippen LogP contribution in [0.4, 0.5) is 18.9 Å². The molecule has 174 valence electrons. The monoisotopic (exact) mass is 484 g/mol. The Kier molecular flexibility index (Phi) is 6.51. The Balaban J connectivity index is 1.43. The van der Waals surface area contributed by atoms with E-state index in [9.17, 15) is 13.2 Å². The number of hydrazone groups is 1. The number of rotatable bonds is 5. The first-order valence-corrected chi connectivity index (χ1v) is 10.5. The van der Waals surface area contributed by atoms with Crippen LogP contribution in [0, 0.1) is 13.8 Å². The van der Waals surface area contributed by atoms with E-state index < -0.39 is 6.36 Å². The number of para-hydroxylation sites is 1. The van der Waals surface area contributed by atoms with Crippen molar-refractivity contribution in [3.05, 3.63) is 77.4 Å². The summed E-state index contributed by atoms with van der Waals surface area (Å²) in [5.74, 6) is -0.0388. The molecule has 6 nitrogen and oxygen atoms in total. The molecule has 0 unspecified atom stereocenters.